The number of piperazine rings is 1. The highest BCUT2D eigenvalue weighted by Crippen LogP contribution is 2.16. The highest BCUT2D eigenvalue weighted by molar-refractivity contribution is 5.98. The molecule has 0 aromatic carbocycles. The molecule has 2 aliphatic rings. The van der Waals surface area contributed by atoms with Gasteiger partial charge in [0.1, 0.15) is 13.1 Å². The van der Waals surface area contributed by atoms with Gasteiger partial charge < -0.3 is 24.8 Å². The second-order valence-corrected chi connectivity index (χ2v) is 7.38. The van der Waals surface area contributed by atoms with E-state index in [1.165, 1.54) is 4.90 Å². The lowest BCUT2D eigenvalue weighted by atomic mass is 10.1. The van der Waals surface area contributed by atoms with Crippen molar-refractivity contribution in [1.82, 2.24) is 24.9 Å². The normalized spacial score (nSPS) is 20.6. The molecule has 1 unspecified atom stereocenters. The summed E-state index contributed by atoms with van der Waals surface area (Å²) in [5.41, 5.74) is 0.796. The van der Waals surface area contributed by atoms with Crippen LogP contribution in [0.3, 0.4) is 0 Å². The summed E-state index contributed by atoms with van der Waals surface area (Å²) < 4.78 is 7.10. The molecule has 3 heterocycles. The summed E-state index contributed by atoms with van der Waals surface area (Å²) in [4.78, 5) is 34.3. The van der Waals surface area contributed by atoms with Gasteiger partial charge >= 0.3 is 0 Å². The van der Waals surface area contributed by atoms with Crippen LogP contribution in [-0.2, 0) is 21.4 Å². The van der Waals surface area contributed by atoms with E-state index in [4.69, 9.17) is 4.74 Å². The van der Waals surface area contributed by atoms with Crippen LogP contribution in [0.5, 0.6) is 0 Å². The number of aliphatic imine (C=N–C) groups is 1. The molecule has 0 radical (unpaired) electrons. The van der Waals surface area contributed by atoms with Crippen LogP contribution in [-0.4, -0.2) is 97.4 Å². The average molecular weight is 391 g/mol. The smallest absolute Gasteiger partial charge is 0.246 e. The van der Waals surface area contributed by atoms with E-state index in [9.17, 15) is 9.59 Å². The van der Waals surface area contributed by atoms with E-state index in [2.05, 4.69) is 15.4 Å². The van der Waals surface area contributed by atoms with Gasteiger partial charge in [-0.3, -0.25) is 14.3 Å². The monoisotopic (exact) mass is 391 g/mol. The van der Waals surface area contributed by atoms with Gasteiger partial charge in [-0.25, -0.2) is 4.99 Å². The fourth-order valence-corrected chi connectivity index (χ4v) is 3.21. The molecule has 3 rings (SSSR count). The van der Waals surface area contributed by atoms with Gasteiger partial charge in [-0.2, -0.15) is 5.10 Å². The molecule has 1 aromatic rings. The number of ether oxygens (including phenoxy) is 1. The summed E-state index contributed by atoms with van der Waals surface area (Å²) in [6, 6.07) is 0. The number of hydrogen-bond donors (Lipinski definition) is 1. The van der Waals surface area contributed by atoms with Crippen molar-refractivity contribution in [2.24, 2.45) is 18.0 Å². The molecule has 2 aliphatic heterocycles. The largest absolute Gasteiger partial charge is 0.381 e. The van der Waals surface area contributed by atoms with Crippen LogP contribution in [0.1, 0.15) is 6.42 Å². The molecule has 0 spiro atoms. The third kappa shape index (κ3) is 5.00. The van der Waals surface area contributed by atoms with Crippen LogP contribution in [0.25, 0.3) is 0 Å². The first-order valence-corrected chi connectivity index (χ1v) is 9.54. The number of guanidine groups is 1. The van der Waals surface area contributed by atoms with Crippen molar-refractivity contribution in [2.75, 3.05) is 64.9 Å². The maximum absolute atomic E-state index is 12.7. The Bertz CT molecular complexity index is 725. The van der Waals surface area contributed by atoms with Crippen molar-refractivity contribution in [3.05, 3.63) is 12.4 Å². The molecular weight excluding hydrogens is 362 g/mol. The number of nitrogens with one attached hydrogen (secondary N) is 1. The van der Waals surface area contributed by atoms with Crippen molar-refractivity contribution in [2.45, 2.75) is 6.42 Å². The highest BCUT2D eigenvalue weighted by Gasteiger charge is 2.28. The second-order valence-electron chi connectivity index (χ2n) is 7.38. The van der Waals surface area contributed by atoms with Gasteiger partial charge in [0.2, 0.25) is 11.8 Å². The SMILES string of the molecule is CN(C)C(=O)CN=C(NCC1CCOC1)N1CCN(c2cnn(C)c2)C(=O)C1. The first kappa shape index (κ1) is 20.1. The molecular formula is C18H29N7O3. The van der Waals surface area contributed by atoms with E-state index < -0.39 is 0 Å². The predicted octanol–water partition coefficient (Wildman–Crippen LogP) is -0.861. The molecule has 0 saturated carbocycles. The van der Waals surface area contributed by atoms with E-state index in [0.29, 0.717) is 31.5 Å². The summed E-state index contributed by atoms with van der Waals surface area (Å²) in [6.07, 6.45) is 4.53. The summed E-state index contributed by atoms with van der Waals surface area (Å²) in [5, 5.41) is 7.48. The Balaban J connectivity index is 1.65. The number of rotatable bonds is 5. The molecule has 2 amide bonds. The fraction of sp³-hybridized carbons (Fsp3) is 0.667. The summed E-state index contributed by atoms with van der Waals surface area (Å²) in [6.45, 7) is 3.64. The third-order valence-corrected chi connectivity index (χ3v) is 4.96. The van der Waals surface area contributed by atoms with E-state index in [1.807, 2.05) is 18.1 Å². The zero-order valence-corrected chi connectivity index (χ0v) is 16.8. The number of aromatic nitrogens is 2. The molecule has 1 N–H and O–H groups in total. The molecule has 154 valence electrons. The molecule has 0 bridgehead atoms. The van der Waals surface area contributed by atoms with Gasteiger partial charge in [0.05, 0.1) is 18.5 Å². The van der Waals surface area contributed by atoms with Crippen LogP contribution in [0.2, 0.25) is 0 Å². The van der Waals surface area contributed by atoms with Crippen molar-refractivity contribution in [3.63, 3.8) is 0 Å². The number of hydrogen-bond acceptors (Lipinski definition) is 5. The Morgan fingerprint density at radius 2 is 2.25 bits per heavy atom. The lowest BCUT2D eigenvalue weighted by Crippen LogP contribution is -2.56. The molecule has 2 saturated heterocycles. The zero-order valence-electron chi connectivity index (χ0n) is 16.8. The number of nitrogens with zero attached hydrogens (tertiary/aromatic N) is 6. The number of aryl methyl sites for hydroxylation is 1. The number of anilines is 1. The topological polar surface area (TPSA) is 95.3 Å². The van der Waals surface area contributed by atoms with Crippen LogP contribution in [0, 0.1) is 5.92 Å². The van der Waals surface area contributed by atoms with Crippen molar-refractivity contribution in [3.8, 4) is 0 Å². The van der Waals surface area contributed by atoms with E-state index >= 15 is 0 Å². The Hall–Kier alpha value is -2.62. The summed E-state index contributed by atoms with van der Waals surface area (Å²) in [5.74, 6) is 0.920. The van der Waals surface area contributed by atoms with Crippen molar-refractivity contribution < 1.29 is 14.3 Å². The molecule has 28 heavy (non-hydrogen) atoms. The lowest BCUT2D eigenvalue weighted by Gasteiger charge is -2.35. The third-order valence-electron chi connectivity index (χ3n) is 4.96. The lowest BCUT2D eigenvalue weighted by molar-refractivity contribution is -0.127. The Kier molecular flexibility index (Phi) is 6.50. The van der Waals surface area contributed by atoms with Gasteiger partial charge in [0, 0.05) is 59.5 Å². The Labute approximate surface area is 165 Å². The van der Waals surface area contributed by atoms with Gasteiger partial charge in [0.15, 0.2) is 5.96 Å². The highest BCUT2D eigenvalue weighted by atomic mass is 16.5. The number of carbonyl (C=O) groups excluding carboxylic acids is 2. The molecule has 2 fully saturated rings. The van der Waals surface area contributed by atoms with E-state index in [-0.39, 0.29) is 24.9 Å². The van der Waals surface area contributed by atoms with Gasteiger partial charge in [0.25, 0.3) is 0 Å². The molecule has 0 aliphatic carbocycles. The van der Waals surface area contributed by atoms with Gasteiger partial charge in [-0.15, -0.1) is 0 Å². The minimum Gasteiger partial charge on any atom is -0.381 e. The maximum Gasteiger partial charge on any atom is 0.246 e. The Morgan fingerprint density at radius 3 is 2.86 bits per heavy atom. The van der Waals surface area contributed by atoms with E-state index in [0.717, 1.165) is 25.3 Å². The number of carbonyl (C=O) groups is 2. The van der Waals surface area contributed by atoms with Gasteiger partial charge in [-0.05, 0) is 6.42 Å². The minimum atomic E-state index is -0.0798. The quantitative estimate of drug-likeness (QED) is 0.518. The maximum atomic E-state index is 12.7. The summed E-state index contributed by atoms with van der Waals surface area (Å²) in [7, 11) is 5.24. The van der Waals surface area contributed by atoms with Crippen LogP contribution in [0.4, 0.5) is 5.69 Å². The average Bonchev–Trinajstić information content (AvgIpc) is 3.33. The standard InChI is InChI=1S/C18H29N7O3/c1-22(2)16(26)10-20-18(19-8-14-4-7-28-13-14)24-5-6-25(17(27)12-24)15-9-21-23(3)11-15/h9,11,14H,4-8,10,12-13H2,1-3H3,(H,19,20). The first-order chi connectivity index (χ1) is 13.4. The van der Waals surface area contributed by atoms with E-state index in [1.54, 1.807) is 29.9 Å². The fourth-order valence-electron chi connectivity index (χ4n) is 3.21. The molecule has 10 nitrogen and oxygen atoms in total. The minimum absolute atomic E-state index is 0.0168. The van der Waals surface area contributed by atoms with Crippen LogP contribution < -0.4 is 10.2 Å². The molecule has 10 heteroatoms. The molecule has 1 atom stereocenters. The second kappa shape index (κ2) is 9.05. The summed E-state index contributed by atoms with van der Waals surface area (Å²) >= 11 is 0. The number of amides is 2. The van der Waals surface area contributed by atoms with Crippen molar-refractivity contribution in [1.29, 1.82) is 0 Å². The van der Waals surface area contributed by atoms with Crippen LogP contribution >= 0.6 is 0 Å². The molecule has 1 aromatic heterocycles. The number of likely N-dealkylation sites (N-methyl/N-ethyl adjacent to an activating group) is 1. The zero-order chi connectivity index (χ0) is 20.1. The Morgan fingerprint density at radius 1 is 1.43 bits per heavy atom. The first-order valence-electron chi connectivity index (χ1n) is 9.54. The van der Waals surface area contributed by atoms with Crippen LogP contribution in [0.15, 0.2) is 17.4 Å². The van der Waals surface area contributed by atoms with Crippen molar-refractivity contribution >= 4 is 23.5 Å². The predicted molar refractivity (Wildman–Crippen MR) is 105 cm³/mol. The van der Waals surface area contributed by atoms with Gasteiger partial charge in [-0.1, -0.05) is 0 Å².